The fraction of sp³-hybridized carbons (Fsp3) is 0.200. The number of benzene rings is 1. The van der Waals surface area contributed by atoms with Gasteiger partial charge in [-0.2, -0.15) is 0 Å². The van der Waals surface area contributed by atoms with Crippen molar-refractivity contribution in [1.82, 2.24) is 0 Å². The molecule has 1 aromatic carbocycles. The zero-order valence-electron chi connectivity index (χ0n) is 11.3. The summed E-state index contributed by atoms with van der Waals surface area (Å²) in [6.07, 6.45) is -0.644. The number of carbonyl (C=O) groups is 2. The van der Waals surface area contributed by atoms with Gasteiger partial charge in [-0.25, -0.2) is 0 Å². The molecule has 0 saturated carbocycles. The normalized spacial score (nSPS) is 11.7. The van der Waals surface area contributed by atoms with Gasteiger partial charge in [0.15, 0.2) is 6.10 Å². The lowest BCUT2D eigenvalue weighted by Gasteiger charge is -2.13. The van der Waals surface area contributed by atoms with Gasteiger partial charge in [-0.3, -0.25) is 9.59 Å². The van der Waals surface area contributed by atoms with Crippen molar-refractivity contribution < 1.29 is 14.3 Å². The molecule has 1 atom stereocenters. The molecule has 0 aliphatic rings. The Morgan fingerprint density at radius 3 is 2.62 bits per heavy atom. The summed E-state index contributed by atoms with van der Waals surface area (Å²) in [6, 6.07) is 10.9. The second kappa shape index (κ2) is 7.38. The van der Waals surface area contributed by atoms with Crippen molar-refractivity contribution in [3.05, 3.63) is 51.1 Å². The van der Waals surface area contributed by atoms with Crippen LogP contribution in [0.15, 0.2) is 46.3 Å². The number of thiophene rings is 1. The third-order valence-corrected chi connectivity index (χ3v) is 4.09. The Bertz CT molecular complexity index is 610. The van der Waals surface area contributed by atoms with Crippen LogP contribution in [0.2, 0.25) is 0 Å². The number of anilines is 1. The van der Waals surface area contributed by atoms with Crippen molar-refractivity contribution in [3.8, 4) is 0 Å². The molecule has 1 unspecified atom stereocenters. The highest BCUT2D eigenvalue weighted by Crippen LogP contribution is 2.15. The molecule has 0 bridgehead atoms. The molecule has 0 radical (unpaired) electrons. The molecule has 2 rings (SSSR count). The molecule has 0 aliphatic heterocycles. The highest BCUT2D eigenvalue weighted by atomic mass is 79.9. The number of hydrogen-bond acceptors (Lipinski definition) is 4. The zero-order chi connectivity index (χ0) is 15.2. The number of carbonyl (C=O) groups excluding carboxylic acids is 2. The SMILES string of the molecule is CC(OC(=O)Cc1cccs1)C(=O)Nc1ccc(Br)cc1. The van der Waals surface area contributed by atoms with E-state index in [1.807, 2.05) is 29.6 Å². The Kier molecular flexibility index (Phi) is 5.52. The highest BCUT2D eigenvalue weighted by molar-refractivity contribution is 9.10. The lowest BCUT2D eigenvalue weighted by molar-refractivity contribution is -0.152. The van der Waals surface area contributed by atoms with Crippen LogP contribution in [0.4, 0.5) is 5.69 Å². The van der Waals surface area contributed by atoms with Crippen molar-refractivity contribution in [2.45, 2.75) is 19.4 Å². The first-order chi connectivity index (χ1) is 10.0. The van der Waals surface area contributed by atoms with Gasteiger partial charge in [-0.1, -0.05) is 22.0 Å². The van der Waals surface area contributed by atoms with Gasteiger partial charge in [0.05, 0.1) is 6.42 Å². The topological polar surface area (TPSA) is 55.4 Å². The van der Waals surface area contributed by atoms with Gasteiger partial charge in [0.1, 0.15) is 0 Å². The Hall–Kier alpha value is -1.66. The molecule has 2 aromatic rings. The Balaban J connectivity index is 1.84. The van der Waals surface area contributed by atoms with Gasteiger partial charge >= 0.3 is 5.97 Å². The van der Waals surface area contributed by atoms with E-state index < -0.39 is 12.1 Å². The van der Waals surface area contributed by atoms with E-state index in [0.717, 1.165) is 9.35 Å². The molecule has 110 valence electrons. The largest absolute Gasteiger partial charge is 0.452 e. The number of halogens is 1. The maximum Gasteiger partial charge on any atom is 0.311 e. The van der Waals surface area contributed by atoms with Crippen LogP contribution in [0.1, 0.15) is 11.8 Å². The molecule has 4 nitrogen and oxygen atoms in total. The molecule has 21 heavy (non-hydrogen) atoms. The number of esters is 1. The van der Waals surface area contributed by atoms with Crippen LogP contribution in [0.5, 0.6) is 0 Å². The predicted molar refractivity (Wildman–Crippen MR) is 86.3 cm³/mol. The number of rotatable bonds is 5. The van der Waals surface area contributed by atoms with E-state index in [9.17, 15) is 9.59 Å². The Morgan fingerprint density at radius 1 is 1.29 bits per heavy atom. The molecule has 0 fully saturated rings. The van der Waals surface area contributed by atoms with Gasteiger partial charge < -0.3 is 10.1 Å². The molecule has 0 spiro atoms. The molecule has 0 aliphatic carbocycles. The van der Waals surface area contributed by atoms with Gasteiger partial charge in [0.25, 0.3) is 5.91 Å². The van der Waals surface area contributed by atoms with Crippen LogP contribution >= 0.6 is 27.3 Å². The predicted octanol–water partition coefficient (Wildman–Crippen LogP) is 3.62. The van der Waals surface area contributed by atoms with E-state index in [1.165, 1.54) is 11.3 Å². The van der Waals surface area contributed by atoms with Gasteiger partial charge in [-0.15, -0.1) is 11.3 Å². The van der Waals surface area contributed by atoms with E-state index in [0.29, 0.717) is 5.69 Å². The number of hydrogen-bond donors (Lipinski definition) is 1. The standard InChI is InChI=1S/C15H14BrNO3S/c1-10(20-14(18)9-13-3-2-8-21-13)15(19)17-12-6-4-11(16)5-7-12/h2-8,10H,9H2,1H3,(H,17,19). The quantitative estimate of drug-likeness (QED) is 0.821. The third kappa shape index (κ3) is 4.99. The first-order valence-corrected chi connectivity index (χ1v) is 8.00. The van der Waals surface area contributed by atoms with Crippen molar-refractivity contribution >= 4 is 44.8 Å². The van der Waals surface area contributed by atoms with Gasteiger partial charge in [0, 0.05) is 15.0 Å². The number of amides is 1. The molecular formula is C15H14BrNO3S. The Morgan fingerprint density at radius 2 is 2.00 bits per heavy atom. The van der Waals surface area contributed by atoms with Crippen LogP contribution < -0.4 is 5.32 Å². The molecule has 1 amide bonds. The lowest BCUT2D eigenvalue weighted by Crippen LogP contribution is -2.30. The van der Waals surface area contributed by atoms with Crippen LogP contribution in [0.25, 0.3) is 0 Å². The monoisotopic (exact) mass is 367 g/mol. The van der Waals surface area contributed by atoms with Crippen LogP contribution in [0.3, 0.4) is 0 Å². The van der Waals surface area contributed by atoms with E-state index in [-0.39, 0.29) is 12.3 Å². The first kappa shape index (κ1) is 15.7. The minimum atomic E-state index is -0.832. The van der Waals surface area contributed by atoms with Crippen molar-refractivity contribution in [2.24, 2.45) is 0 Å². The molecule has 6 heteroatoms. The average Bonchev–Trinajstić information content (AvgIpc) is 2.94. The van der Waals surface area contributed by atoms with E-state index >= 15 is 0 Å². The summed E-state index contributed by atoms with van der Waals surface area (Å²) in [7, 11) is 0. The van der Waals surface area contributed by atoms with Crippen LogP contribution in [-0.2, 0) is 20.7 Å². The zero-order valence-corrected chi connectivity index (χ0v) is 13.7. The fourth-order valence-corrected chi connectivity index (χ4v) is 2.58. The number of ether oxygens (including phenoxy) is 1. The lowest BCUT2D eigenvalue weighted by atomic mass is 10.3. The van der Waals surface area contributed by atoms with Crippen LogP contribution in [-0.4, -0.2) is 18.0 Å². The summed E-state index contributed by atoms with van der Waals surface area (Å²) in [6.45, 7) is 1.56. The molecular weight excluding hydrogens is 354 g/mol. The molecule has 1 heterocycles. The minimum Gasteiger partial charge on any atom is -0.452 e. The summed E-state index contributed by atoms with van der Waals surface area (Å²) in [4.78, 5) is 24.6. The summed E-state index contributed by atoms with van der Waals surface area (Å²) in [5.74, 6) is -0.757. The summed E-state index contributed by atoms with van der Waals surface area (Å²) in [5.41, 5.74) is 0.657. The smallest absolute Gasteiger partial charge is 0.311 e. The molecule has 0 saturated heterocycles. The average molecular weight is 368 g/mol. The van der Waals surface area contributed by atoms with Crippen LogP contribution in [0, 0.1) is 0 Å². The summed E-state index contributed by atoms with van der Waals surface area (Å²) >= 11 is 4.81. The second-order valence-electron chi connectivity index (χ2n) is 4.38. The maximum absolute atomic E-state index is 11.9. The van der Waals surface area contributed by atoms with Crippen molar-refractivity contribution in [3.63, 3.8) is 0 Å². The third-order valence-electron chi connectivity index (χ3n) is 2.69. The number of nitrogens with one attached hydrogen (secondary N) is 1. The van der Waals surface area contributed by atoms with E-state index in [2.05, 4.69) is 21.2 Å². The maximum atomic E-state index is 11.9. The minimum absolute atomic E-state index is 0.188. The summed E-state index contributed by atoms with van der Waals surface area (Å²) in [5, 5.41) is 4.59. The summed E-state index contributed by atoms with van der Waals surface area (Å²) < 4.78 is 6.05. The Labute approximate surface area is 135 Å². The van der Waals surface area contributed by atoms with E-state index in [4.69, 9.17) is 4.74 Å². The molecule has 1 N–H and O–H groups in total. The van der Waals surface area contributed by atoms with Gasteiger partial charge in [-0.05, 0) is 42.6 Å². The van der Waals surface area contributed by atoms with Crippen molar-refractivity contribution in [2.75, 3.05) is 5.32 Å². The highest BCUT2D eigenvalue weighted by Gasteiger charge is 2.18. The molecule has 1 aromatic heterocycles. The van der Waals surface area contributed by atoms with Gasteiger partial charge in [0.2, 0.25) is 0 Å². The fourth-order valence-electron chi connectivity index (χ4n) is 1.62. The first-order valence-electron chi connectivity index (χ1n) is 6.33. The van der Waals surface area contributed by atoms with Crippen molar-refractivity contribution in [1.29, 1.82) is 0 Å². The second-order valence-corrected chi connectivity index (χ2v) is 6.33. The van der Waals surface area contributed by atoms with E-state index in [1.54, 1.807) is 19.1 Å².